The SMILES string of the molecule is O=C(Nc1cccc2c1OCCO2)c1cc2sccc2[nH]1. The summed E-state index contributed by atoms with van der Waals surface area (Å²) in [7, 11) is 0. The summed E-state index contributed by atoms with van der Waals surface area (Å²) in [6.07, 6.45) is 0. The summed E-state index contributed by atoms with van der Waals surface area (Å²) in [5.74, 6) is 1.05. The lowest BCUT2D eigenvalue weighted by Gasteiger charge is -2.20. The molecule has 106 valence electrons. The summed E-state index contributed by atoms with van der Waals surface area (Å²) >= 11 is 1.60. The number of rotatable bonds is 2. The number of ether oxygens (including phenoxy) is 2. The largest absolute Gasteiger partial charge is 0.486 e. The second-order valence-corrected chi connectivity index (χ2v) is 5.61. The van der Waals surface area contributed by atoms with Crippen LogP contribution in [0.1, 0.15) is 10.5 Å². The molecule has 0 saturated carbocycles. The van der Waals surface area contributed by atoms with Crippen molar-refractivity contribution in [2.24, 2.45) is 0 Å². The van der Waals surface area contributed by atoms with Crippen molar-refractivity contribution < 1.29 is 14.3 Å². The van der Waals surface area contributed by atoms with E-state index in [1.807, 2.05) is 29.6 Å². The average Bonchev–Trinajstić information content (AvgIpc) is 3.09. The maximum Gasteiger partial charge on any atom is 0.272 e. The van der Waals surface area contributed by atoms with Crippen LogP contribution in [0.4, 0.5) is 5.69 Å². The number of benzene rings is 1. The molecule has 0 saturated heterocycles. The molecular formula is C15H12N2O3S. The number of anilines is 1. The number of aromatic nitrogens is 1. The van der Waals surface area contributed by atoms with Crippen molar-refractivity contribution in [1.29, 1.82) is 0 Å². The highest BCUT2D eigenvalue weighted by Crippen LogP contribution is 2.37. The van der Waals surface area contributed by atoms with Crippen LogP contribution >= 0.6 is 11.3 Å². The molecule has 3 heterocycles. The molecule has 6 heteroatoms. The van der Waals surface area contributed by atoms with Gasteiger partial charge in [0.05, 0.1) is 15.9 Å². The molecule has 2 aromatic heterocycles. The zero-order valence-electron chi connectivity index (χ0n) is 11.0. The number of H-pyrrole nitrogens is 1. The summed E-state index contributed by atoms with van der Waals surface area (Å²) in [4.78, 5) is 15.4. The third kappa shape index (κ3) is 2.13. The number of aromatic amines is 1. The lowest BCUT2D eigenvalue weighted by molar-refractivity contribution is 0.102. The first-order valence-corrected chi connectivity index (χ1v) is 7.45. The molecule has 0 unspecified atom stereocenters. The van der Waals surface area contributed by atoms with Crippen molar-refractivity contribution in [3.8, 4) is 11.5 Å². The molecule has 0 radical (unpaired) electrons. The van der Waals surface area contributed by atoms with Crippen LogP contribution in [0.25, 0.3) is 10.2 Å². The van der Waals surface area contributed by atoms with Gasteiger partial charge in [0, 0.05) is 0 Å². The van der Waals surface area contributed by atoms with E-state index in [-0.39, 0.29) is 5.91 Å². The second kappa shape index (κ2) is 4.82. The highest BCUT2D eigenvalue weighted by atomic mass is 32.1. The van der Waals surface area contributed by atoms with E-state index in [4.69, 9.17) is 9.47 Å². The minimum Gasteiger partial charge on any atom is -0.486 e. The summed E-state index contributed by atoms with van der Waals surface area (Å²) in [5.41, 5.74) is 2.13. The molecule has 21 heavy (non-hydrogen) atoms. The molecule has 1 aliphatic heterocycles. The Bertz CT molecular complexity index is 793. The quantitative estimate of drug-likeness (QED) is 0.763. The molecule has 0 atom stereocenters. The van der Waals surface area contributed by atoms with Gasteiger partial charge in [-0.05, 0) is 29.6 Å². The zero-order valence-corrected chi connectivity index (χ0v) is 11.8. The Kier molecular flexibility index (Phi) is 2.82. The first-order chi connectivity index (χ1) is 10.3. The number of fused-ring (bicyclic) bond motifs is 2. The van der Waals surface area contributed by atoms with Gasteiger partial charge in [0.2, 0.25) is 0 Å². The van der Waals surface area contributed by atoms with Gasteiger partial charge in [-0.15, -0.1) is 11.3 Å². The fourth-order valence-corrected chi connectivity index (χ4v) is 3.12. The number of thiophene rings is 1. The summed E-state index contributed by atoms with van der Waals surface area (Å²) in [6, 6.07) is 9.27. The minimum atomic E-state index is -0.194. The Hall–Kier alpha value is -2.47. The monoisotopic (exact) mass is 300 g/mol. The number of hydrogen-bond acceptors (Lipinski definition) is 4. The molecule has 1 amide bonds. The second-order valence-electron chi connectivity index (χ2n) is 4.67. The fraction of sp³-hybridized carbons (Fsp3) is 0.133. The van der Waals surface area contributed by atoms with Crippen LogP contribution in [-0.2, 0) is 0 Å². The van der Waals surface area contributed by atoms with Crippen molar-refractivity contribution in [1.82, 2.24) is 4.98 Å². The molecule has 1 aliphatic rings. The van der Waals surface area contributed by atoms with Crippen molar-refractivity contribution in [3.63, 3.8) is 0 Å². The van der Waals surface area contributed by atoms with Crippen LogP contribution in [0.2, 0.25) is 0 Å². The summed E-state index contributed by atoms with van der Waals surface area (Å²) in [5, 5.41) is 4.85. The fourth-order valence-electron chi connectivity index (χ4n) is 2.33. The normalized spacial score (nSPS) is 13.3. The van der Waals surface area contributed by atoms with Crippen LogP contribution in [0.15, 0.2) is 35.7 Å². The van der Waals surface area contributed by atoms with Gasteiger partial charge in [-0.1, -0.05) is 6.07 Å². The van der Waals surface area contributed by atoms with Crippen molar-refractivity contribution in [2.75, 3.05) is 18.5 Å². The summed E-state index contributed by atoms with van der Waals surface area (Å²) < 4.78 is 12.2. The molecular weight excluding hydrogens is 288 g/mol. The van der Waals surface area contributed by atoms with E-state index in [9.17, 15) is 4.79 Å². The van der Waals surface area contributed by atoms with Gasteiger partial charge in [0.1, 0.15) is 18.9 Å². The smallest absolute Gasteiger partial charge is 0.272 e. The van der Waals surface area contributed by atoms with E-state index < -0.39 is 0 Å². The lowest BCUT2D eigenvalue weighted by Crippen LogP contribution is -2.18. The zero-order chi connectivity index (χ0) is 14.2. The minimum absolute atomic E-state index is 0.194. The Morgan fingerprint density at radius 1 is 1.24 bits per heavy atom. The van der Waals surface area contributed by atoms with Gasteiger partial charge in [0.25, 0.3) is 5.91 Å². The van der Waals surface area contributed by atoms with Crippen molar-refractivity contribution in [2.45, 2.75) is 0 Å². The van der Waals surface area contributed by atoms with Crippen LogP contribution < -0.4 is 14.8 Å². The molecule has 0 spiro atoms. The number of carbonyl (C=O) groups excluding carboxylic acids is 1. The first-order valence-electron chi connectivity index (χ1n) is 6.57. The Labute approximate surface area is 124 Å². The van der Waals surface area contributed by atoms with Crippen molar-refractivity contribution in [3.05, 3.63) is 41.4 Å². The third-order valence-electron chi connectivity index (χ3n) is 3.30. The maximum absolute atomic E-state index is 12.3. The highest BCUT2D eigenvalue weighted by Gasteiger charge is 2.18. The van der Waals surface area contributed by atoms with E-state index in [2.05, 4.69) is 10.3 Å². The van der Waals surface area contributed by atoms with Gasteiger partial charge >= 0.3 is 0 Å². The number of nitrogens with one attached hydrogen (secondary N) is 2. The first kappa shape index (κ1) is 12.3. The maximum atomic E-state index is 12.3. The Balaban J connectivity index is 1.63. The van der Waals surface area contributed by atoms with E-state index in [1.165, 1.54) is 0 Å². The number of hydrogen-bond donors (Lipinski definition) is 2. The van der Waals surface area contributed by atoms with Crippen molar-refractivity contribution >= 4 is 33.1 Å². The predicted octanol–water partition coefficient (Wildman–Crippen LogP) is 3.25. The standard InChI is InChI=1S/C15H12N2O3S/c18-15(11-8-13-9(16-11)4-7-21-13)17-10-2-1-3-12-14(10)20-6-5-19-12/h1-4,7-8,16H,5-6H2,(H,17,18). The molecule has 0 aliphatic carbocycles. The van der Waals surface area contributed by atoms with Gasteiger partial charge < -0.3 is 19.8 Å². The topological polar surface area (TPSA) is 63.4 Å². The van der Waals surface area contributed by atoms with Gasteiger partial charge in [-0.3, -0.25) is 4.79 Å². The average molecular weight is 300 g/mol. The lowest BCUT2D eigenvalue weighted by atomic mass is 10.2. The summed E-state index contributed by atoms with van der Waals surface area (Å²) in [6.45, 7) is 1.01. The highest BCUT2D eigenvalue weighted by molar-refractivity contribution is 7.17. The number of amides is 1. The van der Waals surface area contributed by atoms with E-state index in [1.54, 1.807) is 17.4 Å². The molecule has 1 aromatic carbocycles. The van der Waals surface area contributed by atoms with Crippen LogP contribution in [0.5, 0.6) is 11.5 Å². The number of para-hydroxylation sites is 1. The molecule has 3 aromatic rings. The molecule has 4 rings (SSSR count). The van der Waals surface area contributed by atoms with Crippen LogP contribution in [0, 0.1) is 0 Å². The third-order valence-corrected chi connectivity index (χ3v) is 4.16. The van der Waals surface area contributed by atoms with E-state index >= 15 is 0 Å². The molecule has 2 N–H and O–H groups in total. The van der Waals surface area contributed by atoms with Crippen LogP contribution in [0.3, 0.4) is 0 Å². The molecule has 0 fully saturated rings. The predicted molar refractivity (Wildman–Crippen MR) is 81.6 cm³/mol. The van der Waals surface area contributed by atoms with Gasteiger partial charge in [-0.2, -0.15) is 0 Å². The number of carbonyl (C=O) groups is 1. The Morgan fingerprint density at radius 3 is 3.05 bits per heavy atom. The van der Waals surface area contributed by atoms with E-state index in [0.29, 0.717) is 36.1 Å². The molecule has 0 bridgehead atoms. The van der Waals surface area contributed by atoms with Crippen LogP contribution in [-0.4, -0.2) is 24.1 Å². The van der Waals surface area contributed by atoms with Gasteiger partial charge in [0.15, 0.2) is 11.5 Å². The van der Waals surface area contributed by atoms with E-state index in [0.717, 1.165) is 10.2 Å². The Morgan fingerprint density at radius 2 is 2.14 bits per heavy atom. The molecule has 5 nitrogen and oxygen atoms in total. The van der Waals surface area contributed by atoms with Gasteiger partial charge in [-0.25, -0.2) is 0 Å².